The molecule has 3 rings (SSSR count). The molecule has 2 aromatic carbocycles. The summed E-state index contributed by atoms with van der Waals surface area (Å²) in [6.45, 7) is 0. The minimum atomic E-state index is 0.311. The second-order valence-electron chi connectivity index (χ2n) is 5.31. The number of nitrogens with two attached hydrogens (primary N) is 1. The van der Waals surface area contributed by atoms with Gasteiger partial charge in [0.05, 0.1) is 0 Å². The lowest BCUT2D eigenvalue weighted by molar-refractivity contribution is 0.434. The fraction of sp³-hybridized carbons (Fsp3) is 0.294. The van der Waals surface area contributed by atoms with Gasteiger partial charge in [0.2, 0.25) is 0 Å². The standard InChI is InChI=1S/C17H20N2/c18-19-17(12-13-6-2-1-3-7-13)16-11-10-14-8-4-5-9-15(14)16/h1-9,16-17,19H,10-12,18H2. The molecule has 0 aromatic heterocycles. The minimum absolute atomic E-state index is 0.311. The number of hydrogen-bond acceptors (Lipinski definition) is 2. The molecular formula is C17H20N2. The van der Waals surface area contributed by atoms with Crippen molar-refractivity contribution < 1.29 is 0 Å². The van der Waals surface area contributed by atoms with Crippen molar-refractivity contribution in [2.45, 2.75) is 31.2 Å². The number of nitrogens with one attached hydrogen (secondary N) is 1. The quantitative estimate of drug-likeness (QED) is 0.648. The molecule has 1 aliphatic carbocycles. The van der Waals surface area contributed by atoms with Crippen molar-refractivity contribution in [1.82, 2.24) is 5.43 Å². The van der Waals surface area contributed by atoms with Gasteiger partial charge < -0.3 is 0 Å². The average Bonchev–Trinajstić information content (AvgIpc) is 2.90. The van der Waals surface area contributed by atoms with E-state index in [1.54, 1.807) is 0 Å². The summed E-state index contributed by atoms with van der Waals surface area (Å²) in [6, 6.07) is 19.6. The van der Waals surface area contributed by atoms with E-state index in [1.165, 1.54) is 29.5 Å². The van der Waals surface area contributed by atoms with Gasteiger partial charge in [0.1, 0.15) is 0 Å². The molecule has 0 saturated carbocycles. The first kappa shape index (κ1) is 12.4. The molecule has 0 bridgehead atoms. The van der Waals surface area contributed by atoms with Crippen LogP contribution in [0.15, 0.2) is 54.6 Å². The van der Waals surface area contributed by atoms with Gasteiger partial charge in [0.25, 0.3) is 0 Å². The molecule has 2 aromatic rings. The SMILES string of the molecule is NNC(Cc1ccccc1)C1CCc2ccccc21. The highest BCUT2D eigenvalue weighted by Gasteiger charge is 2.28. The minimum Gasteiger partial charge on any atom is -0.271 e. The van der Waals surface area contributed by atoms with Crippen molar-refractivity contribution in [2.24, 2.45) is 5.84 Å². The molecule has 3 N–H and O–H groups in total. The van der Waals surface area contributed by atoms with Crippen LogP contribution < -0.4 is 11.3 Å². The monoisotopic (exact) mass is 252 g/mol. The summed E-state index contributed by atoms with van der Waals surface area (Å²) in [7, 11) is 0. The summed E-state index contributed by atoms with van der Waals surface area (Å²) in [5.74, 6) is 6.34. The van der Waals surface area contributed by atoms with Gasteiger partial charge in [-0.15, -0.1) is 0 Å². The third-order valence-corrected chi connectivity index (χ3v) is 4.18. The predicted octanol–water partition coefficient (Wildman–Crippen LogP) is 2.79. The van der Waals surface area contributed by atoms with E-state index in [1.807, 2.05) is 0 Å². The van der Waals surface area contributed by atoms with E-state index in [9.17, 15) is 0 Å². The second kappa shape index (κ2) is 5.55. The first-order valence-corrected chi connectivity index (χ1v) is 6.96. The van der Waals surface area contributed by atoms with Gasteiger partial charge in [0.15, 0.2) is 0 Å². The number of fused-ring (bicyclic) bond motifs is 1. The zero-order valence-electron chi connectivity index (χ0n) is 11.0. The molecule has 1 aliphatic rings. The summed E-state index contributed by atoms with van der Waals surface area (Å²) in [5, 5.41) is 0. The van der Waals surface area contributed by atoms with Gasteiger partial charge in [-0.2, -0.15) is 0 Å². The van der Waals surface area contributed by atoms with Crippen LogP contribution >= 0.6 is 0 Å². The Bertz CT molecular complexity index is 536. The largest absolute Gasteiger partial charge is 0.271 e. The third-order valence-electron chi connectivity index (χ3n) is 4.18. The van der Waals surface area contributed by atoms with Gasteiger partial charge in [-0.05, 0) is 36.0 Å². The lowest BCUT2D eigenvalue weighted by Crippen LogP contribution is -2.40. The van der Waals surface area contributed by atoms with E-state index < -0.39 is 0 Å². The lowest BCUT2D eigenvalue weighted by atomic mass is 9.89. The van der Waals surface area contributed by atoms with Gasteiger partial charge in [-0.3, -0.25) is 11.3 Å². The van der Waals surface area contributed by atoms with Crippen molar-refractivity contribution in [2.75, 3.05) is 0 Å². The maximum absolute atomic E-state index is 5.81. The molecule has 98 valence electrons. The van der Waals surface area contributed by atoms with Gasteiger partial charge in [-0.1, -0.05) is 54.6 Å². The summed E-state index contributed by atoms with van der Waals surface area (Å²) in [6.07, 6.45) is 3.35. The van der Waals surface area contributed by atoms with E-state index in [4.69, 9.17) is 5.84 Å². The summed E-state index contributed by atoms with van der Waals surface area (Å²) >= 11 is 0. The average molecular weight is 252 g/mol. The number of benzene rings is 2. The highest BCUT2D eigenvalue weighted by molar-refractivity contribution is 5.36. The second-order valence-corrected chi connectivity index (χ2v) is 5.31. The summed E-state index contributed by atoms with van der Waals surface area (Å²) in [5.41, 5.74) is 7.34. The zero-order chi connectivity index (χ0) is 13.1. The van der Waals surface area contributed by atoms with Crippen LogP contribution in [0, 0.1) is 0 Å². The number of hydrazine groups is 1. The Morgan fingerprint density at radius 3 is 2.58 bits per heavy atom. The maximum Gasteiger partial charge on any atom is 0.0319 e. The number of rotatable bonds is 4. The van der Waals surface area contributed by atoms with Crippen LogP contribution in [0.25, 0.3) is 0 Å². The molecule has 2 unspecified atom stereocenters. The van der Waals surface area contributed by atoms with E-state index in [0.717, 1.165) is 6.42 Å². The van der Waals surface area contributed by atoms with Gasteiger partial charge >= 0.3 is 0 Å². The number of aryl methyl sites for hydroxylation is 1. The molecule has 19 heavy (non-hydrogen) atoms. The molecule has 0 aliphatic heterocycles. The molecule has 0 heterocycles. The first-order chi connectivity index (χ1) is 9.38. The van der Waals surface area contributed by atoms with Crippen LogP contribution in [0.5, 0.6) is 0 Å². The Balaban J connectivity index is 1.81. The topological polar surface area (TPSA) is 38.0 Å². The predicted molar refractivity (Wildman–Crippen MR) is 78.8 cm³/mol. The van der Waals surface area contributed by atoms with Crippen LogP contribution in [0.1, 0.15) is 29.0 Å². The van der Waals surface area contributed by atoms with Crippen molar-refractivity contribution in [3.05, 3.63) is 71.3 Å². The molecule has 2 heteroatoms. The summed E-state index contributed by atoms with van der Waals surface area (Å²) in [4.78, 5) is 0. The van der Waals surface area contributed by atoms with Crippen LogP contribution in [0.2, 0.25) is 0 Å². The highest BCUT2D eigenvalue weighted by atomic mass is 15.2. The molecule has 0 radical (unpaired) electrons. The van der Waals surface area contributed by atoms with E-state index >= 15 is 0 Å². The zero-order valence-corrected chi connectivity index (χ0v) is 11.0. The number of hydrogen-bond donors (Lipinski definition) is 2. The first-order valence-electron chi connectivity index (χ1n) is 6.96. The molecule has 0 fully saturated rings. The Hall–Kier alpha value is -1.64. The van der Waals surface area contributed by atoms with Crippen molar-refractivity contribution in [3.63, 3.8) is 0 Å². The van der Waals surface area contributed by atoms with Crippen LogP contribution in [0.4, 0.5) is 0 Å². The fourth-order valence-corrected chi connectivity index (χ4v) is 3.19. The molecule has 0 amide bonds. The Labute approximate surface area is 114 Å². The van der Waals surface area contributed by atoms with E-state index in [0.29, 0.717) is 12.0 Å². The van der Waals surface area contributed by atoms with Crippen molar-refractivity contribution in [1.29, 1.82) is 0 Å². The van der Waals surface area contributed by atoms with Gasteiger partial charge in [-0.25, -0.2) is 0 Å². The molecule has 0 saturated heterocycles. The van der Waals surface area contributed by atoms with Gasteiger partial charge in [0, 0.05) is 12.0 Å². The Morgan fingerprint density at radius 2 is 1.79 bits per heavy atom. The van der Waals surface area contributed by atoms with E-state index in [2.05, 4.69) is 60.0 Å². The molecule has 2 nitrogen and oxygen atoms in total. The van der Waals surface area contributed by atoms with Crippen LogP contribution in [-0.2, 0) is 12.8 Å². The smallest absolute Gasteiger partial charge is 0.0319 e. The van der Waals surface area contributed by atoms with Crippen molar-refractivity contribution in [3.8, 4) is 0 Å². The van der Waals surface area contributed by atoms with Crippen LogP contribution in [-0.4, -0.2) is 6.04 Å². The maximum atomic E-state index is 5.81. The van der Waals surface area contributed by atoms with E-state index in [-0.39, 0.29) is 0 Å². The molecule has 0 spiro atoms. The molecular weight excluding hydrogens is 232 g/mol. The summed E-state index contributed by atoms with van der Waals surface area (Å²) < 4.78 is 0. The van der Waals surface area contributed by atoms with Crippen LogP contribution in [0.3, 0.4) is 0 Å². The fourth-order valence-electron chi connectivity index (χ4n) is 3.19. The third kappa shape index (κ3) is 2.55. The Morgan fingerprint density at radius 1 is 1.05 bits per heavy atom. The van der Waals surface area contributed by atoms with Crippen molar-refractivity contribution >= 4 is 0 Å². The lowest BCUT2D eigenvalue weighted by Gasteiger charge is -2.24. The molecule has 2 atom stereocenters. The Kier molecular flexibility index (Phi) is 3.62. The highest BCUT2D eigenvalue weighted by Crippen LogP contribution is 2.36. The normalized spacial score (nSPS) is 19.1.